The third kappa shape index (κ3) is 5.83. The molecular formula is C18H18Cl2N8-2. The predicted molar refractivity (Wildman–Crippen MR) is 105 cm³/mol. The van der Waals surface area contributed by atoms with Crippen molar-refractivity contribution < 1.29 is 24.8 Å². The Morgan fingerprint density at radius 3 is 1.32 bits per heavy atom. The lowest BCUT2D eigenvalue weighted by Crippen LogP contribution is -3.00. The van der Waals surface area contributed by atoms with E-state index in [1.165, 1.54) is 0 Å². The van der Waals surface area contributed by atoms with E-state index in [9.17, 15) is 0 Å². The highest BCUT2D eigenvalue weighted by Crippen LogP contribution is 2.29. The van der Waals surface area contributed by atoms with Gasteiger partial charge in [-0.1, -0.05) is 6.07 Å². The summed E-state index contributed by atoms with van der Waals surface area (Å²) >= 11 is 0. The molecule has 8 nitrogen and oxygen atoms in total. The summed E-state index contributed by atoms with van der Waals surface area (Å²) in [6.45, 7) is 0. The molecule has 3 aromatic rings. The van der Waals surface area contributed by atoms with Crippen LogP contribution in [0.2, 0.25) is 0 Å². The number of nitrogens with two attached hydrogens (primary N) is 4. The minimum absolute atomic E-state index is 0. The van der Waals surface area contributed by atoms with Crippen molar-refractivity contribution in [2.75, 3.05) is 22.9 Å². The van der Waals surface area contributed by atoms with Gasteiger partial charge in [-0.25, -0.2) is 0 Å². The van der Waals surface area contributed by atoms with Crippen LogP contribution in [-0.2, 0) is 0 Å². The summed E-state index contributed by atoms with van der Waals surface area (Å²) in [5.74, 6) is 0. The van der Waals surface area contributed by atoms with Gasteiger partial charge in [-0.3, -0.25) is 0 Å². The first kappa shape index (κ1) is 22.7. The van der Waals surface area contributed by atoms with Crippen molar-refractivity contribution in [3.63, 3.8) is 0 Å². The van der Waals surface area contributed by atoms with Crippen LogP contribution >= 0.6 is 0 Å². The maximum Gasteiger partial charge on any atom is 0.109 e. The Morgan fingerprint density at radius 2 is 0.929 bits per heavy atom. The van der Waals surface area contributed by atoms with Gasteiger partial charge in [0.2, 0.25) is 0 Å². The number of nitrogens with zero attached hydrogens (tertiary/aromatic N) is 4. The average Bonchev–Trinajstić information content (AvgIpc) is 2.61. The number of halogens is 2. The molecule has 0 saturated carbocycles. The first-order valence-corrected chi connectivity index (χ1v) is 7.75. The van der Waals surface area contributed by atoms with Crippen LogP contribution in [0.15, 0.2) is 81.1 Å². The van der Waals surface area contributed by atoms with Gasteiger partial charge in [0.25, 0.3) is 0 Å². The van der Waals surface area contributed by atoms with E-state index in [1.54, 1.807) is 60.7 Å². The quantitative estimate of drug-likeness (QED) is 0.313. The molecule has 0 aliphatic carbocycles. The number of benzene rings is 3. The minimum Gasteiger partial charge on any atom is -1.00 e. The number of nitrogen functional groups attached to an aromatic ring is 4. The van der Waals surface area contributed by atoms with Crippen molar-refractivity contribution in [2.24, 2.45) is 20.5 Å². The molecule has 0 unspecified atom stereocenters. The minimum atomic E-state index is 0. The molecule has 146 valence electrons. The summed E-state index contributed by atoms with van der Waals surface area (Å²) in [6.07, 6.45) is 0. The normalized spacial score (nSPS) is 10.6. The first-order chi connectivity index (χ1) is 12.5. The van der Waals surface area contributed by atoms with Gasteiger partial charge in [-0.05, 0) is 54.6 Å². The fraction of sp³-hybridized carbons (Fsp3) is 0. The smallest absolute Gasteiger partial charge is 0.109 e. The number of hydrogen-bond donors (Lipinski definition) is 4. The number of anilines is 4. The van der Waals surface area contributed by atoms with E-state index in [1.807, 2.05) is 0 Å². The SMILES string of the molecule is Nc1ccc(N=Nc2cccc(N=Nc3ccc(N)cc3N)c2)c(N)c1.[Cl-].[Cl-]. The summed E-state index contributed by atoms with van der Waals surface area (Å²) < 4.78 is 0. The maximum atomic E-state index is 5.86. The Balaban J connectivity index is 0.00000196. The molecule has 3 rings (SSSR count). The van der Waals surface area contributed by atoms with Crippen LogP contribution in [0.3, 0.4) is 0 Å². The summed E-state index contributed by atoms with van der Waals surface area (Å²) in [5, 5.41) is 16.6. The Kier molecular flexibility index (Phi) is 8.18. The Morgan fingerprint density at radius 1 is 0.500 bits per heavy atom. The van der Waals surface area contributed by atoms with Gasteiger partial charge in [0, 0.05) is 11.4 Å². The third-order valence-corrected chi connectivity index (χ3v) is 3.48. The van der Waals surface area contributed by atoms with E-state index >= 15 is 0 Å². The second kappa shape index (κ2) is 10.1. The molecule has 28 heavy (non-hydrogen) atoms. The van der Waals surface area contributed by atoms with Crippen molar-refractivity contribution in [3.8, 4) is 0 Å². The summed E-state index contributed by atoms with van der Waals surface area (Å²) in [6, 6.07) is 17.3. The van der Waals surface area contributed by atoms with Crippen LogP contribution in [0.25, 0.3) is 0 Å². The van der Waals surface area contributed by atoms with Crippen molar-refractivity contribution in [1.82, 2.24) is 0 Å². The van der Waals surface area contributed by atoms with E-state index in [-0.39, 0.29) is 24.8 Å². The highest BCUT2D eigenvalue weighted by molar-refractivity contribution is 5.68. The molecule has 0 spiro atoms. The number of hydrogen-bond acceptors (Lipinski definition) is 8. The van der Waals surface area contributed by atoms with Gasteiger partial charge in [-0.2, -0.15) is 10.2 Å². The molecular weight excluding hydrogens is 399 g/mol. The zero-order valence-electron chi connectivity index (χ0n) is 14.6. The van der Waals surface area contributed by atoms with E-state index < -0.39 is 0 Å². The highest BCUT2D eigenvalue weighted by Gasteiger charge is 2.00. The van der Waals surface area contributed by atoms with Crippen molar-refractivity contribution >= 4 is 45.5 Å². The highest BCUT2D eigenvalue weighted by atomic mass is 35.5. The molecule has 0 bridgehead atoms. The van der Waals surface area contributed by atoms with Gasteiger partial charge in [0.1, 0.15) is 11.4 Å². The van der Waals surface area contributed by atoms with Gasteiger partial charge in [-0.15, -0.1) is 10.2 Å². The molecule has 0 heterocycles. The fourth-order valence-corrected chi connectivity index (χ4v) is 2.17. The van der Waals surface area contributed by atoms with Crippen LogP contribution in [0.5, 0.6) is 0 Å². The number of rotatable bonds is 4. The molecule has 10 heteroatoms. The molecule has 3 aromatic carbocycles. The Labute approximate surface area is 174 Å². The van der Waals surface area contributed by atoms with Crippen LogP contribution in [-0.4, -0.2) is 0 Å². The van der Waals surface area contributed by atoms with Crippen LogP contribution in [0.4, 0.5) is 45.5 Å². The fourth-order valence-electron chi connectivity index (χ4n) is 2.17. The second-order valence-electron chi connectivity index (χ2n) is 5.56. The van der Waals surface area contributed by atoms with Gasteiger partial charge >= 0.3 is 0 Å². The molecule has 0 radical (unpaired) electrons. The summed E-state index contributed by atoms with van der Waals surface area (Å²) in [7, 11) is 0. The van der Waals surface area contributed by atoms with Crippen LogP contribution < -0.4 is 47.7 Å². The molecule has 0 fully saturated rings. The topological polar surface area (TPSA) is 154 Å². The zero-order chi connectivity index (χ0) is 18.5. The molecule has 0 amide bonds. The van der Waals surface area contributed by atoms with Crippen LogP contribution in [0, 0.1) is 0 Å². The van der Waals surface area contributed by atoms with Crippen molar-refractivity contribution in [3.05, 3.63) is 60.7 Å². The van der Waals surface area contributed by atoms with Gasteiger partial charge < -0.3 is 47.7 Å². The van der Waals surface area contributed by atoms with Crippen molar-refractivity contribution in [2.45, 2.75) is 0 Å². The number of azo groups is 2. The zero-order valence-corrected chi connectivity index (χ0v) is 16.1. The standard InChI is InChI=1S/C18H18N8.2ClH/c19-11-4-6-17(15(21)8-11)25-23-13-2-1-3-14(10-13)24-26-18-7-5-12(20)9-16(18)22;;/h1-10H,19-22H2;2*1H/p-2. The molecule has 0 aliphatic rings. The maximum absolute atomic E-state index is 5.86. The van der Waals surface area contributed by atoms with E-state index in [0.29, 0.717) is 45.5 Å². The lowest BCUT2D eigenvalue weighted by Gasteiger charge is -2.01. The summed E-state index contributed by atoms with van der Waals surface area (Å²) in [4.78, 5) is 0. The Hall–Kier alpha value is -3.36. The predicted octanol–water partition coefficient (Wildman–Crippen LogP) is -1.15. The van der Waals surface area contributed by atoms with E-state index in [2.05, 4.69) is 20.5 Å². The first-order valence-electron chi connectivity index (χ1n) is 7.75. The molecule has 8 N–H and O–H groups in total. The van der Waals surface area contributed by atoms with E-state index in [4.69, 9.17) is 22.9 Å². The monoisotopic (exact) mass is 416 g/mol. The molecule has 0 saturated heterocycles. The average molecular weight is 417 g/mol. The largest absolute Gasteiger partial charge is 1.00 e. The lowest BCUT2D eigenvalue weighted by molar-refractivity contribution is -0.001000. The summed E-state index contributed by atoms with van der Waals surface area (Å²) in [5.41, 5.74) is 27.4. The van der Waals surface area contributed by atoms with Gasteiger partial charge in [0.15, 0.2) is 0 Å². The third-order valence-electron chi connectivity index (χ3n) is 3.48. The van der Waals surface area contributed by atoms with E-state index in [0.717, 1.165) is 0 Å². The molecule has 0 aliphatic heterocycles. The lowest BCUT2D eigenvalue weighted by atomic mass is 10.2. The second-order valence-corrected chi connectivity index (χ2v) is 5.56. The molecule has 0 aromatic heterocycles. The van der Waals surface area contributed by atoms with Crippen molar-refractivity contribution in [1.29, 1.82) is 0 Å². The van der Waals surface area contributed by atoms with Gasteiger partial charge in [0.05, 0.1) is 22.7 Å². The Bertz CT molecular complexity index is 928. The molecule has 0 atom stereocenters. The van der Waals surface area contributed by atoms with Crippen LogP contribution in [0.1, 0.15) is 0 Å².